The van der Waals surface area contributed by atoms with Gasteiger partial charge in [-0.25, -0.2) is 0 Å². The van der Waals surface area contributed by atoms with E-state index in [4.69, 9.17) is 0 Å². The highest BCUT2D eigenvalue weighted by atomic mass is 15.1. The van der Waals surface area contributed by atoms with Crippen LogP contribution in [0.1, 0.15) is 38.8 Å². The van der Waals surface area contributed by atoms with Crippen molar-refractivity contribution in [1.82, 2.24) is 0 Å². The van der Waals surface area contributed by atoms with Crippen LogP contribution in [0.25, 0.3) is 16.8 Å². The van der Waals surface area contributed by atoms with Gasteiger partial charge in [-0.15, -0.1) is 0 Å². The molecule has 1 nitrogen and oxygen atoms in total. The van der Waals surface area contributed by atoms with Crippen molar-refractivity contribution in [3.8, 4) is 0 Å². The zero-order chi connectivity index (χ0) is 18.2. The molecule has 0 heterocycles. The second kappa shape index (κ2) is 9.08. The van der Waals surface area contributed by atoms with Crippen LogP contribution in [0.2, 0.25) is 0 Å². The Morgan fingerprint density at radius 3 is 2.20 bits per heavy atom. The van der Waals surface area contributed by atoms with Gasteiger partial charge in [-0.3, -0.25) is 0 Å². The van der Waals surface area contributed by atoms with E-state index < -0.39 is 0 Å². The summed E-state index contributed by atoms with van der Waals surface area (Å²) in [6, 6.07) is 21.6. The Kier molecular flexibility index (Phi) is 6.82. The lowest BCUT2D eigenvalue weighted by Crippen LogP contribution is -2.12. The molecule has 0 N–H and O–H groups in total. The average Bonchev–Trinajstić information content (AvgIpc) is 2.69. The molecule has 0 unspecified atom stereocenters. The Hall–Kier alpha value is -2.54. The van der Waals surface area contributed by atoms with Gasteiger partial charge in [0.25, 0.3) is 0 Å². The molecule has 0 saturated carbocycles. The van der Waals surface area contributed by atoms with Gasteiger partial charge in [0.1, 0.15) is 0 Å². The molecule has 0 aliphatic rings. The maximum atomic E-state index is 2.30. The van der Waals surface area contributed by atoms with Crippen LogP contribution < -0.4 is 4.90 Å². The highest BCUT2D eigenvalue weighted by Gasteiger charge is 2.12. The first-order chi connectivity index (χ1) is 12.3. The predicted molar refractivity (Wildman–Crippen MR) is 114 cm³/mol. The van der Waals surface area contributed by atoms with Crippen LogP contribution in [0.4, 0.5) is 11.4 Å². The summed E-state index contributed by atoms with van der Waals surface area (Å²) in [4.78, 5) is 2.30. The fourth-order valence-corrected chi connectivity index (χ4v) is 3.19. The Bertz CT molecular complexity index is 840. The molecule has 0 radical (unpaired) electrons. The third kappa shape index (κ3) is 3.93. The quantitative estimate of drug-likeness (QED) is 0.487. The summed E-state index contributed by atoms with van der Waals surface area (Å²) in [5.41, 5.74) is 5.18. The number of hydrogen-bond acceptors (Lipinski definition) is 1. The molecular formula is C24H29N. The SMILES string of the molecule is C/C=C\c1c(CC)cccc1N(C)c1cccc2ccccc12.CC. The summed E-state index contributed by atoms with van der Waals surface area (Å²) in [6.07, 6.45) is 5.38. The molecule has 1 heteroatoms. The fourth-order valence-electron chi connectivity index (χ4n) is 3.19. The minimum Gasteiger partial charge on any atom is -0.344 e. The van der Waals surface area contributed by atoms with Crippen molar-refractivity contribution in [3.63, 3.8) is 0 Å². The number of benzene rings is 3. The van der Waals surface area contributed by atoms with Gasteiger partial charge >= 0.3 is 0 Å². The zero-order valence-electron chi connectivity index (χ0n) is 16.1. The molecule has 0 aromatic heterocycles. The third-order valence-electron chi connectivity index (χ3n) is 4.38. The fraction of sp³-hybridized carbons (Fsp3) is 0.250. The van der Waals surface area contributed by atoms with Crippen molar-refractivity contribution < 1.29 is 0 Å². The van der Waals surface area contributed by atoms with Gasteiger partial charge < -0.3 is 4.90 Å². The molecule has 0 aliphatic carbocycles. The van der Waals surface area contributed by atoms with Gasteiger partial charge in [0.2, 0.25) is 0 Å². The number of fused-ring (bicyclic) bond motifs is 1. The van der Waals surface area contributed by atoms with E-state index in [1.807, 2.05) is 13.8 Å². The molecule has 3 rings (SSSR count). The van der Waals surface area contributed by atoms with E-state index in [-0.39, 0.29) is 0 Å². The highest BCUT2D eigenvalue weighted by Crippen LogP contribution is 2.34. The van der Waals surface area contributed by atoms with E-state index in [0.717, 1.165) is 6.42 Å². The van der Waals surface area contributed by atoms with Gasteiger partial charge in [-0.2, -0.15) is 0 Å². The van der Waals surface area contributed by atoms with E-state index in [1.54, 1.807) is 0 Å². The minimum atomic E-state index is 1.04. The van der Waals surface area contributed by atoms with Crippen LogP contribution >= 0.6 is 0 Å². The lowest BCUT2D eigenvalue weighted by molar-refractivity contribution is 1.12. The molecule has 130 valence electrons. The van der Waals surface area contributed by atoms with Crippen molar-refractivity contribution in [2.45, 2.75) is 34.1 Å². The molecular weight excluding hydrogens is 302 g/mol. The van der Waals surface area contributed by atoms with Crippen LogP contribution in [0.3, 0.4) is 0 Å². The van der Waals surface area contributed by atoms with E-state index in [1.165, 1.54) is 33.3 Å². The number of nitrogens with zero attached hydrogens (tertiary/aromatic N) is 1. The predicted octanol–water partition coefficient (Wildman–Crippen LogP) is 7.23. The number of rotatable bonds is 4. The van der Waals surface area contributed by atoms with Crippen molar-refractivity contribution in [2.24, 2.45) is 0 Å². The molecule has 0 atom stereocenters. The van der Waals surface area contributed by atoms with E-state index >= 15 is 0 Å². The summed E-state index contributed by atoms with van der Waals surface area (Å²) in [6.45, 7) is 8.29. The Balaban J connectivity index is 0.00000109. The Morgan fingerprint density at radius 1 is 0.840 bits per heavy atom. The maximum absolute atomic E-state index is 2.30. The second-order valence-corrected chi connectivity index (χ2v) is 5.76. The van der Waals surface area contributed by atoms with Crippen LogP contribution in [0.15, 0.2) is 66.7 Å². The van der Waals surface area contributed by atoms with Crippen molar-refractivity contribution in [1.29, 1.82) is 0 Å². The summed E-state index contributed by atoms with van der Waals surface area (Å²) >= 11 is 0. The van der Waals surface area contributed by atoms with Gasteiger partial charge in [0, 0.05) is 29.4 Å². The zero-order valence-corrected chi connectivity index (χ0v) is 16.1. The third-order valence-corrected chi connectivity index (χ3v) is 4.38. The van der Waals surface area contributed by atoms with Crippen LogP contribution in [0, 0.1) is 0 Å². The first-order valence-electron chi connectivity index (χ1n) is 9.22. The standard InChI is InChI=1S/C22H23N.C2H6/c1-4-10-19-17(5-2)12-8-15-21(19)23(3)22-16-9-13-18-11-6-7-14-20(18)22;1-2/h4,6-16H,5H2,1-3H3;1-2H3/b10-4-;. The number of aryl methyl sites for hydroxylation is 1. The lowest BCUT2D eigenvalue weighted by Gasteiger charge is -2.24. The largest absolute Gasteiger partial charge is 0.344 e. The monoisotopic (exact) mass is 331 g/mol. The highest BCUT2D eigenvalue weighted by molar-refractivity contribution is 5.96. The van der Waals surface area contributed by atoms with Crippen LogP contribution in [0.5, 0.6) is 0 Å². The second-order valence-electron chi connectivity index (χ2n) is 5.76. The summed E-state index contributed by atoms with van der Waals surface area (Å²) in [7, 11) is 2.16. The molecule has 3 aromatic carbocycles. The van der Waals surface area contributed by atoms with Gasteiger partial charge in [-0.05, 0) is 36.4 Å². The topological polar surface area (TPSA) is 3.24 Å². The normalized spacial score (nSPS) is 10.6. The minimum absolute atomic E-state index is 1.04. The maximum Gasteiger partial charge on any atom is 0.0487 e. The van der Waals surface area contributed by atoms with Gasteiger partial charge in [0.05, 0.1) is 0 Å². The Labute approximate surface area is 152 Å². The first-order valence-corrected chi connectivity index (χ1v) is 9.22. The number of allylic oxidation sites excluding steroid dienone is 1. The van der Waals surface area contributed by atoms with Gasteiger partial charge in [-0.1, -0.05) is 81.5 Å². The summed E-state index contributed by atoms with van der Waals surface area (Å²) in [5.74, 6) is 0. The van der Waals surface area contributed by atoms with E-state index in [2.05, 4.69) is 98.6 Å². The van der Waals surface area contributed by atoms with E-state index in [9.17, 15) is 0 Å². The van der Waals surface area contributed by atoms with Crippen LogP contribution in [-0.2, 0) is 6.42 Å². The van der Waals surface area contributed by atoms with Gasteiger partial charge in [0.15, 0.2) is 0 Å². The van der Waals surface area contributed by atoms with E-state index in [0.29, 0.717) is 0 Å². The molecule has 0 saturated heterocycles. The lowest BCUT2D eigenvalue weighted by atomic mass is 10.0. The average molecular weight is 332 g/mol. The molecule has 0 aliphatic heterocycles. The molecule has 0 bridgehead atoms. The number of anilines is 2. The number of hydrogen-bond donors (Lipinski definition) is 0. The molecule has 0 amide bonds. The Morgan fingerprint density at radius 2 is 1.48 bits per heavy atom. The molecule has 0 spiro atoms. The molecule has 3 aromatic rings. The first kappa shape index (κ1) is 18.8. The van der Waals surface area contributed by atoms with Crippen LogP contribution in [-0.4, -0.2) is 7.05 Å². The van der Waals surface area contributed by atoms with Crippen molar-refractivity contribution >= 4 is 28.2 Å². The summed E-state index contributed by atoms with van der Waals surface area (Å²) in [5, 5.41) is 2.56. The molecule has 0 fully saturated rings. The van der Waals surface area contributed by atoms with Crippen molar-refractivity contribution in [3.05, 3.63) is 77.9 Å². The summed E-state index contributed by atoms with van der Waals surface area (Å²) < 4.78 is 0. The smallest absolute Gasteiger partial charge is 0.0487 e. The van der Waals surface area contributed by atoms with Crippen molar-refractivity contribution in [2.75, 3.05) is 11.9 Å². The molecule has 25 heavy (non-hydrogen) atoms.